The van der Waals surface area contributed by atoms with E-state index >= 15 is 4.39 Å². The number of anilines is 3. The highest BCUT2D eigenvalue weighted by atomic mass is 32.2. The molecule has 0 bridgehead atoms. The van der Waals surface area contributed by atoms with Crippen molar-refractivity contribution in [3.63, 3.8) is 0 Å². The topological polar surface area (TPSA) is 95.6 Å². The second-order valence-electron chi connectivity index (χ2n) is 8.75. The van der Waals surface area contributed by atoms with E-state index in [0.717, 1.165) is 36.5 Å². The second-order valence-corrected chi connectivity index (χ2v) is 9.72. The Bertz CT molecular complexity index is 1290. The van der Waals surface area contributed by atoms with Crippen molar-refractivity contribution in [1.82, 2.24) is 14.5 Å². The summed E-state index contributed by atoms with van der Waals surface area (Å²) in [5.74, 6) is -0.211. The Hall–Kier alpha value is -2.92. The van der Waals surface area contributed by atoms with E-state index in [-0.39, 0.29) is 22.6 Å². The standard InChI is InChI=1S/C22H24F2N6O2S/c1-13(2)30-18-10-14-12-25-21(26-17-7-6-15(33(31)32)11-16(17)23)27-19(14)29(18)22(20(24)28-30)8-4-3-5-9-22/h6-7,10-13H,3-5,8-9H2,1-2H3,(H,31,32)(H,25,26,27). The van der Waals surface area contributed by atoms with E-state index in [0.29, 0.717) is 18.5 Å². The molecule has 2 aromatic heterocycles. The zero-order chi connectivity index (χ0) is 23.3. The van der Waals surface area contributed by atoms with Crippen LogP contribution in [-0.2, 0) is 16.6 Å². The Morgan fingerprint density at radius 3 is 2.61 bits per heavy atom. The smallest absolute Gasteiger partial charge is 0.234 e. The van der Waals surface area contributed by atoms with Crippen LogP contribution >= 0.6 is 0 Å². The van der Waals surface area contributed by atoms with Crippen LogP contribution in [0.15, 0.2) is 40.5 Å². The van der Waals surface area contributed by atoms with Gasteiger partial charge in [0.25, 0.3) is 0 Å². The van der Waals surface area contributed by atoms with Gasteiger partial charge in [0.2, 0.25) is 11.9 Å². The minimum Gasteiger partial charge on any atom is -0.322 e. The van der Waals surface area contributed by atoms with E-state index in [1.54, 1.807) is 11.2 Å². The van der Waals surface area contributed by atoms with Crippen LogP contribution in [0, 0.1) is 5.82 Å². The molecule has 3 aromatic rings. The molecule has 8 nitrogen and oxygen atoms in total. The minimum absolute atomic E-state index is 0.0436. The summed E-state index contributed by atoms with van der Waals surface area (Å²) in [6, 6.07) is 5.55. The first kappa shape index (κ1) is 21.9. The highest BCUT2D eigenvalue weighted by Gasteiger charge is 2.46. The van der Waals surface area contributed by atoms with Crippen molar-refractivity contribution in [1.29, 1.82) is 0 Å². The second kappa shape index (κ2) is 8.14. The Morgan fingerprint density at radius 2 is 1.94 bits per heavy atom. The zero-order valence-corrected chi connectivity index (χ0v) is 19.1. The molecule has 2 aliphatic rings. The molecule has 1 aliphatic carbocycles. The summed E-state index contributed by atoms with van der Waals surface area (Å²) < 4.78 is 52.3. The molecular formula is C22H24F2N6O2S. The van der Waals surface area contributed by atoms with Crippen molar-refractivity contribution in [2.75, 3.05) is 10.3 Å². The molecule has 3 heterocycles. The Kier molecular flexibility index (Phi) is 5.40. The maximum atomic E-state index is 15.6. The predicted octanol–water partition coefficient (Wildman–Crippen LogP) is 5.07. The van der Waals surface area contributed by atoms with Gasteiger partial charge in [-0.3, -0.25) is 4.57 Å². The first-order valence-electron chi connectivity index (χ1n) is 10.9. The lowest BCUT2D eigenvalue weighted by Crippen LogP contribution is -2.48. The molecule has 1 saturated carbocycles. The van der Waals surface area contributed by atoms with Crippen LogP contribution in [0.5, 0.6) is 0 Å². The normalized spacial score (nSPS) is 18.5. The summed E-state index contributed by atoms with van der Waals surface area (Å²) in [4.78, 5) is 8.90. The quantitative estimate of drug-likeness (QED) is 0.513. The van der Waals surface area contributed by atoms with Gasteiger partial charge < -0.3 is 9.87 Å². The highest BCUT2D eigenvalue weighted by Crippen LogP contribution is 2.46. The maximum absolute atomic E-state index is 15.6. The van der Waals surface area contributed by atoms with E-state index in [4.69, 9.17) is 4.55 Å². The number of benzene rings is 1. The van der Waals surface area contributed by atoms with E-state index in [9.17, 15) is 8.60 Å². The molecule has 1 spiro atoms. The van der Waals surface area contributed by atoms with Crippen molar-refractivity contribution in [2.45, 2.75) is 62.4 Å². The summed E-state index contributed by atoms with van der Waals surface area (Å²) >= 11 is -2.28. The van der Waals surface area contributed by atoms with E-state index in [2.05, 4.69) is 20.4 Å². The highest BCUT2D eigenvalue weighted by molar-refractivity contribution is 7.79. The van der Waals surface area contributed by atoms with Crippen molar-refractivity contribution in [3.05, 3.63) is 36.3 Å². The Balaban J connectivity index is 1.62. The van der Waals surface area contributed by atoms with Gasteiger partial charge >= 0.3 is 0 Å². The van der Waals surface area contributed by atoms with Gasteiger partial charge in [0.15, 0.2) is 11.1 Å². The van der Waals surface area contributed by atoms with Crippen LogP contribution in [0.25, 0.3) is 11.0 Å². The molecule has 174 valence electrons. The molecule has 0 radical (unpaired) electrons. The third kappa shape index (κ3) is 3.59. The van der Waals surface area contributed by atoms with Gasteiger partial charge in [0.05, 0.1) is 10.6 Å². The van der Waals surface area contributed by atoms with Crippen molar-refractivity contribution < 1.29 is 17.5 Å². The van der Waals surface area contributed by atoms with Gasteiger partial charge in [-0.15, -0.1) is 5.10 Å². The number of nitrogens with zero attached hydrogens (tertiary/aromatic N) is 5. The van der Waals surface area contributed by atoms with E-state index in [1.165, 1.54) is 12.1 Å². The third-order valence-corrected chi connectivity index (χ3v) is 6.98. The van der Waals surface area contributed by atoms with Gasteiger partial charge in [-0.25, -0.2) is 18.6 Å². The zero-order valence-electron chi connectivity index (χ0n) is 18.3. The fourth-order valence-corrected chi connectivity index (χ4v) is 5.12. The summed E-state index contributed by atoms with van der Waals surface area (Å²) in [5.41, 5.74) is -0.267. The van der Waals surface area contributed by atoms with Crippen LogP contribution in [0.4, 0.5) is 26.2 Å². The maximum Gasteiger partial charge on any atom is 0.234 e. The number of hydrogen-bond donors (Lipinski definition) is 2. The molecule has 0 amide bonds. The first-order chi connectivity index (χ1) is 15.8. The Morgan fingerprint density at radius 1 is 1.18 bits per heavy atom. The minimum atomic E-state index is -2.28. The van der Waals surface area contributed by atoms with Crippen molar-refractivity contribution in [3.8, 4) is 0 Å². The molecule has 1 aliphatic heterocycles. The largest absolute Gasteiger partial charge is 0.322 e. The number of nitrogens with one attached hydrogen (secondary N) is 1. The molecule has 11 heteroatoms. The van der Waals surface area contributed by atoms with Crippen LogP contribution in [0.1, 0.15) is 46.0 Å². The van der Waals surface area contributed by atoms with Gasteiger partial charge in [-0.1, -0.05) is 19.3 Å². The fourth-order valence-electron chi connectivity index (χ4n) is 4.73. The van der Waals surface area contributed by atoms with E-state index in [1.807, 2.05) is 24.5 Å². The van der Waals surface area contributed by atoms with Crippen molar-refractivity contribution >= 4 is 45.5 Å². The average molecular weight is 475 g/mol. The lowest BCUT2D eigenvalue weighted by atomic mass is 9.81. The number of fused-ring (bicyclic) bond motifs is 4. The van der Waals surface area contributed by atoms with Gasteiger partial charge in [0, 0.05) is 17.6 Å². The van der Waals surface area contributed by atoms with Crippen LogP contribution in [0.3, 0.4) is 0 Å². The molecular weight excluding hydrogens is 450 g/mol. The molecule has 1 aromatic carbocycles. The lowest BCUT2D eigenvalue weighted by molar-refractivity contribution is 0.261. The summed E-state index contributed by atoms with van der Waals surface area (Å²) in [6.45, 7) is 3.89. The van der Waals surface area contributed by atoms with Crippen molar-refractivity contribution in [2.24, 2.45) is 5.10 Å². The number of hydrogen-bond acceptors (Lipinski definition) is 6. The molecule has 1 atom stereocenters. The molecule has 1 unspecified atom stereocenters. The number of rotatable bonds is 4. The summed E-state index contributed by atoms with van der Waals surface area (Å²) in [5, 5.41) is 9.56. The van der Waals surface area contributed by atoms with Crippen LogP contribution < -0.4 is 10.3 Å². The summed E-state index contributed by atoms with van der Waals surface area (Å²) in [7, 11) is 0. The van der Waals surface area contributed by atoms with Gasteiger partial charge in [0.1, 0.15) is 22.8 Å². The SMILES string of the molecule is CC(C)N1N=C(F)C2(CCCCC2)n2c1cc1cnc(Nc3ccc(S(=O)O)cc3F)nc12. The van der Waals surface area contributed by atoms with E-state index < -0.39 is 28.4 Å². The molecule has 1 fully saturated rings. The van der Waals surface area contributed by atoms with Crippen LogP contribution in [0.2, 0.25) is 0 Å². The van der Waals surface area contributed by atoms with Crippen LogP contribution in [-0.4, -0.2) is 35.3 Å². The Labute approximate surface area is 192 Å². The lowest BCUT2D eigenvalue weighted by Gasteiger charge is -2.43. The molecule has 33 heavy (non-hydrogen) atoms. The molecule has 0 saturated heterocycles. The average Bonchev–Trinajstić information content (AvgIpc) is 3.17. The molecule has 5 rings (SSSR count). The van der Waals surface area contributed by atoms with Gasteiger partial charge in [-0.05, 0) is 51.0 Å². The number of aromatic nitrogens is 3. The van der Waals surface area contributed by atoms with Gasteiger partial charge in [-0.2, -0.15) is 9.37 Å². The monoisotopic (exact) mass is 474 g/mol. The summed E-state index contributed by atoms with van der Waals surface area (Å²) in [6.07, 6.45) is 5.72. The number of halogens is 2. The number of hydrazone groups is 1. The molecule has 2 N–H and O–H groups in total. The first-order valence-corrected chi connectivity index (χ1v) is 12.0. The predicted molar refractivity (Wildman–Crippen MR) is 123 cm³/mol. The fraction of sp³-hybridized carbons (Fsp3) is 0.409. The third-order valence-electron chi connectivity index (χ3n) is 6.32.